The molecule has 1 N–H and O–H groups in total. The first-order valence-electron chi connectivity index (χ1n) is 6.63. The molecular formula is C17H19FO2. The van der Waals surface area contributed by atoms with Gasteiger partial charge in [-0.15, -0.1) is 0 Å². The fourth-order valence-corrected chi connectivity index (χ4v) is 2.29. The highest BCUT2D eigenvalue weighted by molar-refractivity contribution is 5.36. The van der Waals surface area contributed by atoms with Crippen molar-refractivity contribution >= 4 is 0 Å². The summed E-state index contributed by atoms with van der Waals surface area (Å²) in [6.45, 7) is 6.07. The van der Waals surface area contributed by atoms with Gasteiger partial charge in [0.15, 0.2) is 0 Å². The monoisotopic (exact) mass is 274 g/mol. The van der Waals surface area contributed by atoms with Gasteiger partial charge in [0.05, 0.1) is 6.10 Å². The van der Waals surface area contributed by atoms with Crippen molar-refractivity contribution in [2.75, 3.05) is 0 Å². The fourth-order valence-electron chi connectivity index (χ4n) is 2.29. The Morgan fingerprint density at radius 2 is 1.75 bits per heavy atom. The average Bonchev–Trinajstić information content (AvgIpc) is 2.36. The van der Waals surface area contributed by atoms with Gasteiger partial charge in [-0.2, -0.15) is 0 Å². The van der Waals surface area contributed by atoms with Crippen LogP contribution in [0.25, 0.3) is 0 Å². The van der Waals surface area contributed by atoms with Gasteiger partial charge in [-0.05, 0) is 44.5 Å². The van der Waals surface area contributed by atoms with Gasteiger partial charge in [0.1, 0.15) is 18.2 Å². The van der Waals surface area contributed by atoms with Crippen molar-refractivity contribution in [3.63, 3.8) is 0 Å². The molecule has 20 heavy (non-hydrogen) atoms. The SMILES string of the molecule is Cc1cc(C)cc(COc2ccc(F)cc2[C@H](C)O)c1. The van der Waals surface area contributed by atoms with E-state index in [2.05, 4.69) is 18.2 Å². The third kappa shape index (κ3) is 3.58. The van der Waals surface area contributed by atoms with Gasteiger partial charge in [-0.3, -0.25) is 0 Å². The van der Waals surface area contributed by atoms with Crippen molar-refractivity contribution in [3.8, 4) is 5.75 Å². The Balaban J connectivity index is 2.18. The highest BCUT2D eigenvalue weighted by Gasteiger charge is 2.11. The number of hydrogen-bond donors (Lipinski definition) is 1. The second kappa shape index (κ2) is 6.06. The number of rotatable bonds is 4. The molecule has 0 unspecified atom stereocenters. The predicted molar refractivity (Wildman–Crippen MR) is 77.3 cm³/mol. The quantitative estimate of drug-likeness (QED) is 0.910. The Labute approximate surface area is 118 Å². The second-order valence-electron chi connectivity index (χ2n) is 5.14. The Hall–Kier alpha value is -1.87. The van der Waals surface area contributed by atoms with E-state index in [1.165, 1.54) is 23.3 Å². The summed E-state index contributed by atoms with van der Waals surface area (Å²) in [7, 11) is 0. The largest absolute Gasteiger partial charge is 0.489 e. The van der Waals surface area contributed by atoms with Crippen LogP contribution >= 0.6 is 0 Å². The Bertz CT molecular complexity index is 586. The minimum atomic E-state index is -0.764. The highest BCUT2D eigenvalue weighted by atomic mass is 19.1. The molecule has 0 fully saturated rings. The lowest BCUT2D eigenvalue weighted by molar-refractivity contribution is 0.189. The van der Waals surface area contributed by atoms with Gasteiger partial charge in [-0.1, -0.05) is 29.3 Å². The van der Waals surface area contributed by atoms with Crippen molar-refractivity contribution in [3.05, 3.63) is 64.5 Å². The molecule has 2 aromatic rings. The Morgan fingerprint density at radius 1 is 1.10 bits per heavy atom. The third-order valence-corrected chi connectivity index (χ3v) is 3.10. The summed E-state index contributed by atoms with van der Waals surface area (Å²) in [5.41, 5.74) is 3.88. The smallest absolute Gasteiger partial charge is 0.125 e. The standard InChI is InChI=1S/C17H19FO2/c1-11-6-12(2)8-14(7-11)10-20-17-5-4-15(18)9-16(17)13(3)19/h4-9,13,19H,10H2,1-3H3/t13-/m0/s1. The third-order valence-electron chi connectivity index (χ3n) is 3.10. The first-order valence-corrected chi connectivity index (χ1v) is 6.63. The molecule has 0 heterocycles. The van der Waals surface area contributed by atoms with Crippen molar-refractivity contribution in [2.45, 2.75) is 33.5 Å². The molecule has 2 rings (SSSR count). The normalized spacial score (nSPS) is 12.2. The maximum absolute atomic E-state index is 13.2. The van der Waals surface area contributed by atoms with Gasteiger partial charge in [-0.25, -0.2) is 4.39 Å². The zero-order valence-corrected chi connectivity index (χ0v) is 12.0. The molecule has 0 saturated heterocycles. The number of aryl methyl sites for hydroxylation is 2. The highest BCUT2D eigenvalue weighted by Crippen LogP contribution is 2.26. The summed E-state index contributed by atoms with van der Waals surface area (Å²) in [5, 5.41) is 9.67. The number of aliphatic hydroxyl groups excluding tert-OH is 1. The summed E-state index contributed by atoms with van der Waals surface area (Å²) in [4.78, 5) is 0. The van der Waals surface area contributed by atoms with E-state index in [1.807, 2.05) is 13.8 Å². The van der Waals surface area contributed by atoms with E-state index < -0.39 is 6.10 Å². The van der Waals surface area contributed by atoms with E-state index in [1.54, 1.807) is 13.0 Å². The molecule has 2 aromatic carbocycles. The van der Waals surface area contributed by atoms with Gasteiger partial charge >= 0.3 is 0 Å². The van der Waals surface area contributed by atoms with Crippen LogP contribution in [0.3, 0.4) is 0 Å². The number of aliphatic hydroxyl groups is 1. The van der Waals surface area contributed by atoms with E-state index in [-0.39, 0.29) is 5.82 Å². The number of benzene rings is 2. The van der Waals surface area contributed by atoms with Crippen LogP contribution in [0, 0.1) is 19.7 Å². The first-order chi connectivity index (χ1) is 9.45. The van der Waals surface area contributed by atoms with Crippen LogP contribution in [0.1, 0.15) is 35.3 Å². The Morgan fingerprint density at radius 3 is 2.35 bits per heavy atom. The predicted octanol–water partition coefficient (Wildman–Crippen LogP) is 4.07. The zero-order chi connectivity index (χ0) is 14.7. The lowest BCUT2D eigenvalue weighted by Crippen LogP contribution is -2.02. The van der Waals surface area contributed by atoms with Crippen molar-refractivity contribution in [1.29, 1.82) is 0 Å². The summed E-state index contributed by atoms with van der Waals surface area (Å²) >= 11 is 0. The molecule has 1 atom stereocenters. The van der Waals surface area contributed by atoms with Crippen molar-refractivity contribution in [1.82, 2.24) is 0 Å². The van der Waals surface area contributed by atoms with E-state index in [9.17, 15) is 9.50 Å². The molecule has 0 bridgehead atoms. The fraction of sp³-hybridized carbons (Fsp3) is 0.294. The van der Waals surface area contributed by atoms with E-state index >= 15 is 0 Å². The van der Waals surface area contributed by atoms with E-state index in [0.717, 1.165) is 5.56 Å². The molecule has 106 valence electrons. The van der Waals surface area contributed by atoms with Gasteiger partial charge in [0.25, 0.3) is 0 Å². The number of hydrogen-bond acceptors (Lipinski definition) is 2. The topological polar surface area (TPSA) is 29.5 Å². The van der Waals surface area contributed by atoms with E-state index in [4.69, 9.17) is 4.74 Å². The molecule has 3 heteroatoms. The van der Waals surface area contributed by atoms with Crippen LogP contribution in [0.2, 0.25) is 0 Å². The zero-order valence-electron chi connectivity index (χ0n) is 12.0. The van der Waals surface area contributed by atoms with Crippen molar-refractivity contribution in [2.24, 2.45) is 0 Å². The van der Waals surface area contributed by atoms with Crippen LogP contribution < -0.4 is 4.74 Å². The van der Waals surface area contributed by atoms with Crippen molar-refractivity contribution < 1.29 is 14.2 Å². The van der Waals surface area contributed by atoms with Gasteiger partial charge in [0, 0.05) is 5.56 Å². The molecule has 0 spiro atoms. The van der Waals surface area contributed by atoms with Crippen LogP contribution in [-0.4, -0.2) is 5.11 Å². The van der Waals surface area contributed by atoms with Gasteiger partial charge < -0.3 is 9.84 Å². The number of halogens is 1. The molecule has 0 aliphatic carbocycles. The van der Waals surface area contributed by atoms with Crippen LogP contribution in [0.5, 0.6) is 5.75 Å². The number of ether oxygens (including phenoxy) is 1. The summed E-state index contributed by atoms with van der Waals surface area (Å²) in [5.74, 6) is 0.139. The second-order valence-corrected chi connectivity index (χ2v) is 5.14. The van der Waals surface area contributed by atoms with Crippen LogP contribution in [0.4, 0.5) is 4.39 Å². The molecule has 0 radical (unpaired) electrons. The molecular weight excluding hydrogens is 255 g/mol. The summed E-state index contributed by atoms with van der Waals surface area (Å²) in [6.07, 6.45) is -0.764. The lowest BCUT2D eigenvalue weighted by Gasteiger charge is -2.14. The lowest BCUT2D eigenvalue weighted by atomic mass is 10.1. The molecule has 0 saturated carbocycles. The molecule has 0 aromatic heterocycles. The Kier molecular flexibility index (Phi) is 4.40. The molecule has 0 aliphatic rings. The first kappa shape index (κ1) is 14.5. The van der Waals surface area contributed by atoms with Crippen LogP contribution in [-0.2, 0) is 6.61 Å². The van der Waals surface area contributed by atoms with E-state index in [0.29, 0.717) is 17.9 Å². The minimum Gasteiger partial charge on any atom is -0.489 e. The van der Waals surface area contributed by atoms with Crippen LogP contribution in [0.15, 0.2) is 36.4 Å². The average molecular weight is 274 g/mol. The van der Waals surface area contributed by atoms with Gasteiger partial charge in [0.2, 0.25) is 0 Å². The maximum Gasteiger partial charge on any atom is 0.125 e. The molecule has 0 aliphatic heterocycles. The molecule has 0 amide bonds. The summed E-state index contributed by atoms with van der Waals surface area (Å²) < 4.78 is 18.9. The molecule has 2 nitrogen and oxygen atoms in total. The minimum absolute atomic E-state index is 0.375. The summed E-state index contributed by atoms with van der Waals surface area (Å²) in [6, 6.07) is 10.4. The maximum atomic E-state index is 13.2.